The van der Waals surface area contributed by atoms with Crippen molar-refractivity contribution in [2.75, 3.05) is 28.7 Å². The molecule has 2 N–H and O–H groups in total. The van der Waals surface area contributed by atoms with E-state index in [9.17, 15) is 13.2 Å². The van der Waals surface area contributed by atoms with E-state index in [1.165, 1.54) is 11.5 Å². The zero-order chi connectivity index (χ0) is 20.7. The Morgan fingerprint density at radius 3 is 2.28 bits per heavy atom. The van der Waals surface area contributed by atoms with Gasteiger partial charge in [0.2, 0.25) is 0 Å². The van der Waals surface area contributed by atoms with E-state index >= 15 is 0 Å². The van der Waals surface area contributed by atoms with E-state index in [2.05, 4.69) is 17.2 Å². The van der Waals surface area contributed by atoms with Crippen molar-refractivity contribution in [2.24, 2.45) is 11.8 Å². The number of aromatic nitrogens is 2. The quantitative estimate of drug-likeness (QED) is 0.741. The fourth-order valence-electron chi connectivity index (χ4n) is 3.87. The smallest absolute Gasteiger partial charge is 0.150 e. The standard InChI is InChI=1S/C15H19N3O2S.C6H10OS/c16-14-10-17-18(11-14)15(12-4-2-1-3-5-12)13-6-8-21(19,20)9-7-13;7-5-6-1-3-8-4-2-6/h1-5,10-11,13,15H,6-9,16H2;5-6H,1-4H2. The fraction of sp³-hybridized carbons (Fsp3) is 0.524. The highest BCUT2D eigenvalue weighted by molar-refractivity contribution is 7.99. The lowest BCUT2D eigenvalue weighted by molar-refractivity contribution is -0.111. The summed E-state index contributed by atoms with van der Waals surface area (Å²) in [6.07, 6.45) is 8.10. The number of nitrogen functional groups attached to an aromatic ring is 1. The van der Waals surface area contributed by atoms with Crippen LogP contribution in [-0.2, 0) is 14.6 Å². The maximum Gasteiger partial charge on any atom is 0.150 e. The van der Waals surface area contributed by atoms with E-state index in [0.717, 1.165) is 24.7 Å². The molecule has 2 saturated heterocycles. The third-order valence-corrected chi connectivity index (χ3v) is 8.32. The molecule has 1 atom stereocenters. The molecule has 2 fully saturated rings. The summed E-state index contributed by atoms with van der Waals surface area (Å²) in [6, 6.07) is 10.1. The van der Waals surface area contributed by atoms with Gasteiger partial charge in [-0.1, -0.05) is 30.3 Å². The van der Waals surface area contributed by atoms with Crippen LogP contribution in [0.1, 0.15) is 37.3 Å². The molecule has 2 aliphatic heterocycles. The number of sulfone groups is 1. The number of nitrogens with zero attached hydrogens (tertiary/aromatic N) is 2. The van der Waals surface area contributed by atoms with E-state index in [-0.39, 0.29) is 23.5 Å². The molecule has 4 rings (SSSR count). The molecule has 0 spiro atoms. The molecular weight excluding hydrogens is 406 g/mol. The highest BCUT2D eigenvalue weighted by Crippen LogP contribution is 2.34. The molecule has 1 aromatic heterocycles. The maximum absolute atomic E-state index is 11.7. The number of carbonyl (C=O) groups is 1. The van der Waals surface area contributed by atoms with Crippen LogP contribution in [0.3, 0.4) is 0 Å². The predicted molar refractivity (Wildman–Crippen MR) is 119 cm³/mol. The number of hydrogen-bond donors (Lipinski definition) is 1. The SMILES string of the molecule is Nc1cnn(C(c2ccccc2)C2CCS(=O)(=O)CC2)c1.O=CC1CCSCC1. The number of carbonyl (C=O) groups excluding carboxylic acids is 1. The van der Waals surface area contributed by atoms with E-state index in [1.807, 2.05) is 40.8 Å². The summed E-state index contributed by atoms with van der Waals surface area (Å²) in [5, 5.41) is 4.35. The van der Waals surface area contributed by atoms with Crippen LogP contribution in [-0.4, -0.2) is 47.5 Å². The van der Waals surface area contributed by atoms with E-state index < -0.39 is 9.84 Å². The molecule has 0 aliphatic carbocycles. The lowest BCUT2D eigenvalue weighted by Gasteiger charge is -2.30. The van der Waals surface area contributed by atoms with Gasteiger partial charge in [-0.3, -0.25) is 4.68 Å². The van der Waals surface area contributed by atoms with Gasteiger partial charge in [0.1, 0.15) is 16.1 Å². The minimum absolute atomic E-state index is 0.0407. The lowest BCUT2D eigenvalue weighted by Crippen LogP contribution is -2.30. The van der Waals surface area contributed by atoms with Crippen molar-refractivity contribution in [3.8, 4) is 0 Å². The van der Waals surface area contributed by atoms with Gasteiger partial charge in [0.25, 0.3) is 0 Å². The van der Waals surface area contributed by atoms with Crippen molar-refractivity contribution >= 4 is 33.6 Å². The van der Waals surface area contributed by atoms with Crippen LogP contribution in [0.5, 0.6) is 0 Å². The molecule has 0 radical (unpaired) electrons. The second-order valence-electron chi connectivity index (χ2n) is 7.68. The van der Waals surface area contributed by atoms with E-state index in [4.69, 9.17) is 5.73 Å². The normalized spacial score (nSPS) is 21.0. The zero-order valence-electron chi connectivity index (χ0n) is 16.5. The number of rotatable bonds is 4. The Morgan fingerprint density at radius 2 is 1.76 bits per heavy atom. The topological polar surface area (TPSA) is 95.0 Å². The first-order valence-electron chi connectivity index (χ1n) is 10.1. The molecule has 3 heterocycles. The van der Waals surface area contributed by atoms with Crippen LogP contribution in [0.2, 0.25) is 0 Å². The molecule has 2 aliphatic rings. The summed E-state index contributed by atoms with van der Waals surface area (Å²) in [4.78, 5) is 10.2. The van der Waals surface area contributed by atoms with Crippen molar-refractivity contribution < 1.29 is 13.2 Å². The van der Waals surface area contributed by atoms with Crippen molar-refractivity contribution in [1.29, 1.82) is 0 Å². The Morgan fingerprint density at radius 1 is 1.10 bits per heavy atom. The number of thioether (sulfide) groups is 1. The molecule has 6 nitrogen and oxygen atoms in total. The van der Waals surface area contributed by atoms with Crippen molar-refractivity contribution in [1.82, 2.24) is 9.78 Å². The highest BCUT2D eigenvalue weighted by Gasteiger charge is 2.31. The highest BCUT2D eigenvalue weighted by atomic mass is 32.2. The van der Waals surface area contributed by atoms with Crippen LogP contribution in [0.25, 0.3) is 0 Å². The molecule has 0 amide bonds. The summed E-state index contributed by atoms with van der Waals surface area (Å²) in [7, 11) is -2.86. The number of anilines is 1. The summed E-state index contributed by atoms with van der Waals surface area (Å²) in [5.41, 5.74) is 7.56. The van der Waals surface area contributed by atoms with Gasteiger partial charge in [-0.2, -0.15) is 16.9 Å². The van der Waals surface area contributed by atoms with Gasteiger partial charge < -0.3 is 10.5 Å². The van der Waals surface area contributed by atoms with Crippen LogP contribution < -0.4 is 5.73 Å². The minimum Gasteiger partial charge on any atom is -0.396 e. The zero-order valence-corrected chi connectivity index (χ0v) is 18.2. The monoisotopic (exact) mass is 435 g/mol. The Bertz CT molecular complexity index is 864. The fourth-order valence-corrected chi connectivity index (χ4v) is 6.54. The molecule has 8 heteroatoms. The first kappa shape index (κ1) is 21.9. The number of benzene rings is 1. The summed E-state index contributed by atoms with van der Waals surface area (Å²) >= 11 is 1.96. The van der Waals surface area contributed by atoms with Gasteiger partial charge in [-0.15, -0.1) is 0 Å². The third kappa shape index (κ3) is 6.34. The van der Waals surface area contributed by atoms with Crippen LogP contribution >= 0.6 is 11.8 Å². The number of nitrogens with two attached hydrogens (primary N) is 1. The van der Waals surface area contributed by atoms with Gasteiger partial charge in [0.05, 0.1) is 29.4 Å². The molecule has 29 heavy (non-hydrogen) atoms. The molecule has 1 unspecified atom stereocenters. The molecule has 0 saturated carbocycles. The second-order valence-corrected chi connectivity index (χ2v) is 11.2. The second kappa shape index (κ2) is 10.3. The Kier molecular flexibility index (Phi) is 7.77. The van der Waals surface area contributed by atoms with Crippen LogP contribution in [0, 0.1) is 11.8 Å². The van der Waals surface area contributed by atoms with Crippen LogP contribution in [0.4, 0.5) is 5.69 Å². The van der Waals surface area contributed by atoms with Gasteiger partial charge in [0, 0.05) is 12.1 Å². The van der Waals surface area contributed by atoms with Crippen molar-refractivity contribution in [3.63, 3.8) is 0 Å². The minimum atomic E-state index is -2.86. The largest absolute Gasteiger partial charge is 0.396 e. The Hall–Kier alpha value is -1.80. The average Bonchev–Trinajstić information content (AvgIpc) is 3.17. The summed E-state index contributed by atoms with van der Waals surface area (Å²) < 4.78 is 25.2. The van der Waals surface area contributed by atoms with E-state index in [0.29, 0.717) is 24.4 Å². The molecule has 1 aromatic carbocycles. The summed E-state index contributed by atoms with van der Waals surface area (Å²) in [6.45, 7) is 0. The van der Waals surface area contributed by atoms with Gasteiger partial charge in [-0.25, -0.2) is 8.42 Å². The number of aldehydes is 1. The van der Waals surface area contributed by atoms with Crippen molar-refractivity contribution in [3.05, 3.63) is 48.3 Å². The average molecular weight is 436 g/mol. The first-order chi connectivity index (χ1) is 14.0. The van der Waals surface area contributed by atoms with Gasteiger partial charge >= 0.3 is 0 Å². The Balaban J connectivity index is 0.000000252. The third-order valence-electron chi connectivity index (χ3n) is 5.55. The van der Waals surface area contributed by atoms with Crippen LogP contribution in [0.15, 0.2) is 42.7 Å². The predicted octanol–water partition coefficient (Wildman–Crippen LogP) is 3.21. The molecule has 158 valence electrons. The lowest BCUT2D eigenvalue weighted by atomic mass is 9.88. The maximum atomic E-state index is 11.7. The van der Waals surface area contributed by atoms with Gasteiger partial charge in [0.15, 0.2) is 0 Å². The number of hydrogen-bond acceptors (Lipinski definition) is 6. The van der Waals surface area contributed by atoms with Gasteiger partial charge in [-0.05, 0) is 48.7 Å². The molecular formula is C21H29N3O3S2. The summed E-state index contributed by atoms with van der Waals surface area (Å²) in [5.74, 6) is 3.54. The molecule has 0 bridgehead atoms. The van der Waals surface area contributed by atoms with Crippen molar-refractivity contribution in [2.45, 2.75) is 31.7 Å². The Labute approximate surface area is 177 Å². The molecule has 2 aromatic rings. The van der Waals surface area contributed by atoms with E-state index in [1.54, 1.807) is 6.20 Å². The first-order valence-corrected chi connectivity index (χ1v) is 13.0.